The molecule has 0 radical (unpaired) electrons. The van der Waals surface area contributed by atoms with E-state index in [4.69, 9.17) is 5.84 Å². The van der Waals surface area contributed by atoms with Crippen molar-refractivity contribution >= 4 is 67.2 Å². The quantitative estimate of drug-likeness (QED) is 0.180. The number of rotatable bonds is 3. The van der Waals surface area contributed by atoms with Crippen LogP contribution in [0.2, 0.25) is 0 Å². The van der Waals surface area contributed by atoms with Gasteiger partial charge in [0.15, 0.2) is 11.6 Å². The van der Waals surface area contributed by atoms with E-state index < -0.39 is 23.5 Å². The first kappa shape index (κ1) is 26.0. The molecule has 0 spiro atoms. The van der Waals surface area contributed by atoms with Crippen LogP contribution >= 0.6 is 0 Å². The van der Waals surface area contributed by atoms with Crippen LogP contribution in [0.3, 0.4) is 0 Å². The molecule has 0 aliphatic heterocycles. The molecule has 1 aromatic rings. The third kappa shape index (κ3) is 16.3. The number of pyridine rings is 1. The first-order valence-electron chi connectivity index (χ1n) is 5.48. The number of aromatic nitrogens is 1. The van der Waals surface area contributed by atoms with Crippen LogP contribution in [-0.2, 0) is 19.2 Å². The summed E-state index contributed by atoms with van der Waals surface area (Å²) in [6.45, 7) is 1.88. The number of hydrazine groups is 1. The second kappa shape index (κ2) is 15.0. The van der Waals surface area contributed by atoms with Crippen molar-refractivity contribution < 1.29 is 34.2 Å². The van der Waals surface area contributed by atoms with Gasteiger partial charge in [-0.15, -0.1) is 0 Å². The van der Waals surface area contributed by atoms with Crippen molar-refractivity contribution in [3.05, 3.63) is 30.1 Å². The Bertz CT molecular complexity index is 501. The van der Waals surface area contributed by atoms with E-state index in [2.05, 4.69) is 4.98 Å². The SMILES string of the molecule is CC(=O)C(=O)[O-].CC(=O)C(=O)[O-].NNC(=O)c1ccncc1.[Ca+2]. The third-order valence-corrected chi connectivity index (χ3v) is 1.65. The van der Waals surface area contributed by atoms with E-state index in [1.165, 1.54) is 12.4 Å². The predicted molar refractivity (Wildman–Crippen MR) is 73.0 cm³/mol. The molecule has 0 saturated carbocycles. The van der Waals surface area contributed by atoms with E-state index in [9.17, 15) is 34.2 Å². The topological polar surface area (TPSA) is 182 Å². The van der Waals surface area contributed by atoms with Crippen LogP contribution in [0.15, 0.2) is 24.5 Å². The summed E-state index contributed by atoms with van der Waals surface area (Å²) in [5.74, 6) is -0.549. The molecule has 0 bridgehead atoms. The van der Waals surface area contributed by atoms with E-state index in [1.807, 2.05) is 5.43 Å². The molecule has 1 aromatic heterocycles. The maximum atomic E-state index is 10.7. The normalized spacial score (nSPS) is 7.78. The number of carboxylic acids is 2. The summed E-state index contributed by atoms with van der Waals surface area (Å²) in [6.07, 6.45) is 3.06. The third-order valence-electron chi connectivity index (χ3n) is 1.65. The molecule has 0 unspecified atom stereocenters. The van der Waals surface area contributed by atoms with Crippen LogP contribution < -0.4 is 21.5 Å². The second-order valence-electron chi connectivity index (χ2n) is 3.40. The summed E-state index contributed by atoms with van der Waals surface area (Å²) in [6, 6.07) is 3.17. The van der Waals surface area contributed by atoms with Crippen LogP contribution in [0.5, 0.6) is 0 Å². The van der Waals surface area contributed by atoms with E-state index in [-0.39, 0.29) is 43.6 Å². The van der Waals surface area contributed by atoms with Crippen LogP contribution in [0.25, 0.3) is 0 Å². The van der Waals surface area contributed by atoms with Gasteiger partial charge >= 0.3 is 37.7 Å². The van der Waals surface area contributed by atoms with Gasteiger partial charge in [-0.05, 0) is 12.1 Å². The summed E-state index contributed by atoms with van der Waals surface area (Å²) in [5, 5.41) is 18.5. The van der Waals surface area contributed by atoms with Gasteiger partial charge in [0, 0.05) is 31.8 Å². The number of ketones is 2. The first-order chi connectivity index (χ1) is 10.1. The predicted octanol–water partition coefficient (Wildman–Crippen LogP) is -4.05. The average Bonchev–Trinajstić information content (AvgIpc) is 2.48. The number of Topliss-reactive ketones (excluding diaryl/α,β-unsaturated/α-hetero) is 2. The molecule has 0 aliphatic rings. The van der Waals surface area contributed by atoms with Crippen molar-refractivity contribution in [3.63, 3.8) is 0 Å². The van der Waals surface area contributed by atoms with Crippen LogP contribution in [0.1, 0.15) is 24.2 Å². The second-order valence-corrected chi connectivity index (χ2v) is 3.40. The van der Waals surface area contributed by atoms with Crippen LogP contribution in [0.4, 0.5) is 0 Å². The number of carbonyl (C=O) groups is 5. The number of carbonyl (C=O) groups excluding carboxylic acids is 5. The molecule has 10 nitrogen and oxygen atoms in total. The molecule has 0 aliphatic carbocycles. The molecule has 0 atom stereocenters. The summed E-state index contributed by atoms with van der Waals surface area (Å²) in [7, 11) is 0. The number of amides is 1. The average molecular weight is 351 g/mol. The summed E-state index contributed by atoms with van der Waals surface area (Å²) >= 11 is 0. The number of nitrogens with one attached hydrogen (secondary N) is 1. The van der Waals surface area contributed by atoms with E-state index in [0.717, 1.165) is 13.8 Å². The molecule has 1 rings (SSSR count). The largest absolute Gasteiger partial charge is 2.00 e. The Hall–Kier alpha value is -1.88. The molecular formula is C12H13CaN3O7. The van der Waals surface area contributed by atoms with Crippen molar-refractivity contribution in [3.8, 4) is 0 Å². The zero-order chi connectivity index (χ0) is 17.7. The van der Waals surface area contributed by atoms with Crippen LogP contribution in [0, 0.1) is 0 Å². The molecule has 23 heavy (non-hydrogen) atoms. The van der Waals surface area contributed by atoms with Gasteiger partial charge in [-0.2, -0.15) is 0 Å². The number of aliphatic carboxylic acids is 2. The van der Waals surface area contributed by atoms with Crippen LogP contribution in [-0.4, -0.2) is 72.1 Å². The zero-order valence-corrected chi connectivity index (χ0v) is 14.6. The van der Waals surface area contributed by atoms with Gasteiger partial charge in [-0.3, -0.25) is 24.8 Å². The van der Waals surface area contributed by atoms with Crippen molar-refractivity contribution in [1.29, 1.82) is 0 Å². The Kier molecular flexibility index (Phi) is 17.0. The summed E-state index contributed by atoms with van der Waals surface area (Å²) < 4.78 is 0. The van der Waals surface area contributed by atoms with Gasteiger partial charge in [0.05, 0.1) is 0 Å². The Morgan fingerprint density at radius 1 is 0.957 bits per heavy atom. The maximum absolute atomic E-state index is 10.7. The molecular weight excluding hydrogens is 338 g/mol. The number of carboxylic acid groups (broad SMARTS) is 2. The standard InChI is InChI=1S/C6H7N3O.2C3H4O3.Ca/c7-9-6(10)5-1-3-8-4-2-5;2*1-2(4)3(5)6;/h1-4H,7H2,(H,9,10);2*1H3,(H,5,6);/q;;;+2/p-2. The smallest absolute Gasteiger partial charge is 0.542 e. The Balaban J connectivity index is -0.000000271. The van der Waals surface area contributed by atoms with Gasteiger partial charge in [0.25, 0.3) is 5.91 Å². The summed E-state index contributed by atoms with van der Waals surface area (Å²) in [5.41, 5.74) is 2.53. The molecule has 1 heterocycles. The molecule has 0 fully saturated rings. The minimum absolute atomic E-state index is 0. The monoisotopic (exact) mass is 351 g/mol. The molecule has 0 aromatic carbocycles. The van der Waals surface area contributed by atoms with Gasteiger partial charge in [-0.1, -0.05) is 0 Å². The Morgan fingerprint density at radius 2 is 1.26 bits per heavy atom. The number of hydrogen-bond acceptors (Lipinski definition) is 9. The maximum Gasteiger partial charge on any atom is 2.00 e. The number of nitrogen functional groups attached to an aromatic ring is 1. The van der Waals surface area contributed by atoms with E-state index in [0.29, 0.717) is 5.56 Å². The van der Waals surface area contributed by atoms with E-state index in [1.54, 1.807) is 12.1 Å². The van der Waals surface area contributed by atoms with E-state index >= 15 is 0 Å². The van der Waals surface area contributed by atoms with Gasteiger partial charge < -0.3 is 19.8 Å². The van der Waals surface area contributed by atoms with Crippen molar-refractivity contribution in [2.75, 3.05) is 0 Å². The molecule has 120 valence electrons. The fraction of sp³-hybridized carbons (Fsp3) is 0.167. The van der Waals surface area contributed by atoms with Gasteiger partial charge in [0.2, 0.25) is 0 Å². The number of nitrogens with zero attached hydrogens (tertiary/aromatic N) is 1. The van der Waals surface area contributed by atoms with Crippen molar-refractivity contribution in [1.82, 2.24) is 10.4 Å². The number of hydrogen-bond donors (Lipinski definition) is 2. The van der Waals surface area contributed by atoms with Gasteiger partial charge in [-0.25, -0.2) is 5.84 Å². The Morgan fingerprint density at radius 3 is 1.48 bits per heavy atom. The first-order valence-corrected chi connectivity index (χ1v) is 5.48. The fourth-order valence-electron chi connectivity index (χ4n) is 0.587. The minimum atomic E-state index is -1.63. The zero-order valence-electron chi connectivity index (χ0n) is 12.4. The fourth-order valence-corrected chi connectivity index (χ4v) is 0.587. The van der Waals surface area contributed by atoms with Crippen molar-refractivity contribution in [2.24, 2.45) is 5.84 Å². The molecule has 11 heteroatoms. The molecule has 3 N–H and O–H groups in total. The molecule has 1 amide bonds. The van der Waals surface area contributed by atoms with Crippen molar-refractivity contribution in [2.45, 2.75) is 13.8 Å². The minimum Gasteiger partial charge on any atom is -0.542 e. The Labute approximate surface area is 161 Å². The number of nitrogens with two attached hydrogens (primary N) is 1. The molecule has 0 saturated heterocycles. The van der Waals surface area contributed by atoms with Gasteiger partial charge in [0.1, 0.15) is 11.9 Å². The summed E-state index contributed by atoms with van der Waals surface area (Å²) in [4.78, 5) is 51.9.